The number of nitrogens with zero attached hydrogens (tertiary/aromatic N) is 5. The van der Waals surface area contributed by atoms with Crippen LogP contribution in [-0.4, -0.2) is 70.3 Å². The molecular formula is C20H25N5O3. The first-order chi connectivity index (χ1) is 13.6. The van der Waals surface area contributed by atoms with Crippen LogP contribution in [0.3, 0.4) is 0 Å². The van der Waals surface area contributed by atoms with E-state index in [2.05, 4.69) is 19.9 Å². The van der Waals surface area contributed by atoms with E-state index >= 15 is 0 Å². The fraction of sp³-hybridized carbons (Fsp3) is 0.500. The van der Waals surface area contributed by atoms with Crippen molar-refractivity contribution in [3.8, 4) is 5.88 Å². The van der Waals surface area contributed by atoms with Crippen molar-refractivity contribution in [1.82, 2.24) is 19.9 Å². The Kier molecular flexibility index (Phi) is 5.13. The van der Waals surface area contributed by atoms with Crippen molar-refractivity contribution >= 4 is 11.7 Å². The zero-order valence-electron chi connectivity index (χ0n) is 16.0. The number of aliphatic hydroxyl groups excluding tert-OH is 1. The Bertz CT molecular complexity index is 824. The first-order valence-corrected chi connectivity index (χ1v) is 9.57. The van der Waals surface area contributed by atoms with Crippen LogP contribution in [0.2, 0.25) is 0 Å². The normalized spacial score (nSPS) is 21.6. The number of amides is 1. The predicted molar refractivity (Wildman–Crippen MR) is 103 cm³/mol. The highest BCUT2D eigenvalue weighted by Crippen LogP contribution is 2.41. The molecule has 1 spiro atoms. The molecule has 1 N–H and O–H groups in total. The van der Waals surface area contributed by atoms with Gasteiger partial charge in [0.15, 0.2) is 0 Å². The van der Waals surface area contributed by atoms with Crippen molar-refractivity contribution in [2.75, 3.05) is 38.2 Å². The molecule has 0 aromatic carbocycles. The van der Waals surface area contributed by atoms with Crippen LogP contribution in [0.5, 0.6) is 5.88 Å². The number of pyridine rings is 1. The molecule has 8 nitrogen and oxygen atoms in total. The molecule has 0 aliphatic carbocycles. The topological polar surface area (TPSA) is 91.7 Å². The molecule has 2 aliphatic heterocycles. The minimum atomic E-state index is -0.500. The van der Waals surface area contributed by atoms with E-state index in [-0.39, 0.29) is 11.3 Å². The maximum Gasteiger partial charge on any atom is 0.255 e. The van der Waals surface area contributed by atoms with Crippen LogP contribution in [0.4, 0.5) is 5.82 Å². The summed E-state index contributed by atoms with van der Waals surface area (Å²) in [6, 6.07) is 5.37. The van der Waals surface area contributed by atoms with Gasteiger partial charge < -0.3 is 19.6 Å². The van der Waals surface area contributed by atoms with Crippen LogP contribution in [0, 0.1) is 5.41 Å². The first kappa shape index (κ1) is 18.6. The van der Waals surface area contributed by atoms with Gasteiger partial charge in [0, 0.05) is 44.6 Å². The minimum Gasteiger partial charge on any atom is -0.481 e. The van der Waals surface area contributed by atoms with E-state index in [1.807, 2.05) is 6.07 Å². The molecule has 1 atom stereocenters. The summed E-state index contributed by atoms with van der Waals surface area (Å²) in [5.74, 6) is 1.34. The highest BCUT2D eigenvalue weighted by molar-refractivity contribution is 5.94. The van der Waals surface area contributed by atoms with Gasteiger partial charge in [-0.05, 0) is 36.8 Å². The predicted octanol–water partition coefficient (Wildman–Crippen LogP) is 1.37. The number of piperidine rings is 2. The summed E-state index contributed by atoms with van der Waals surface area (Å²) < 4.78 is 5.19. The summed E-state index contributed by atoms with van der Waals surface area (Å²) in [4.78, 5) is 29.3. The zero-order valence-corrected chi connectivity index (χ0v) is 16.0. The Labute approximate surface area is 164 Å². The van der Waals surface area contributed by atoms with Gasteiger partial charge in [-0.25, -0.2) is 9.97 Å². The third kappa shape index (κ3) is 3.77. The lowest BCUT2D eigenvalue weighted by molar-refractivity contribution is -0.0150. The highest BCUT2D eigenvalue weighted by atomic mass is 16.5. The average molecular weight is 383 g/mol. The number of aliphatic hydroxyl groups is 1. The van der Waals surface area contributed by atoms with Crippen LogP contribution in [0.1, 0.15) is 29.6 Å². The van der Waals surface area contributed by atoms with Crippen molar-refractivity contribution in [3.05, 3.63) is 42.5 Å². The third-order valence-electron chi connectivity index (χ3n) is 5.81. The van der Waals surface area contributed by atoms with Crippen LogP contribution in [0.15, 0.2) is 36.9 Å². The third-order valence-corrected chi connectivity index (χ3v) is 5.81. The molecule has 2 aromatic rings. The fourth-order valence-electron chi connectivity index (χ4n) is 4.37. The summed E-state index contributed by atoms with van der Waals surface area (Å²) in [6.07, 6.45) is 6.77. The van der Waals surface area contributed by atoms with Crippen molar-refractivity contribution in [2.45, 2.75) is 25.4 Å². The standard InChI is InChI=1S/C20H25N5O3/c1-28-18-9-17(22-14-23-18)24-7-4-20(5-8-24)10-16(26)12-25(13-20)19(27)15-3-2-6-21-11-15/h2-3,6,9,11,14,16,26H,4-5,7-8,10,12-13H2,1H3. The van der Waals surface area contributed by atoms with Gasteiger partial charge >= 0.3 is 0 Å². The van der Waals surface area contributed by atoms with E-state index in [1.165, 1.54) is 6.33 Å². The molecule has 2 fully saturated rings. The van der Waals surface area contributed by atoms with Crippen LogP contribution in [0.25, 0.3) is 0 Å². The van der Waals surface area contributed by atoms with E-state index in [0.29, 0.717) is 24.5 Å². The van der Waals surface area contributed by atoms with E-state index in [4.69, 9.17) is 4.74 Å². The van der Waals surface area contributed by atoms with Gasteiger partial charge in [-0.3, -0.25) is 9.78 Å². The lowest BCUT2D eigenvalue weighted by Crippen LogP contribution is -2.55. The molecule has 0 radical (unpaired) electrons. The summed E-state index contributed by atoms with van der Waals surface area (Å²) >= 11 is 0. The number of ether oxygens (including phenoxy) is 1. The number of hydrogen-bond acceptors (Lipinski definition) is 7. The average Bonchev–Trinajstić information content (AvgIpc) is 2.74. The molecule has 148 valence electrons. The molecule has 4 rings (SSSR count). The van der Waals surface area contributed by atoms with E-state index in [0.717, 1.165) is 38.2 Å². The lowest BCUT2D eigenvalue weighted by Gasteiger charge is -2.49. The number of carbonyl (C=O) groups is 1. The summed E-state index contributed by atoms with van der Waals surface area (Å²) in [5.41, 5.74) is 0.501. The first-order valence-electron chi connectivity index (χ1n) is 9.57. The summed E-state index contributed by atoms with van der Waals surface area (Å²) in [7, 11) is 1.59. The molecule has 2 aromatic heterocycles. The number of methoxy groups -OCH3 is 1. The smallest absolute Gasteiger partial charge is 0.255 e. The van der Waals surface area contributed by atoms with Gasteiger partial charge in [0.25, 0.3) is 5.91 Å². The Morgan fingerprint density at radius 3 is 2.86 bits per heavy atom. The second kappa shape index (κ2) is 7.71. The maximum atomic E-state index is 12.9. The molecule has 2 aliphatic rings. The largest absolute Gasteiger partial charge is 0.481 e. The Morgan fingerprint density at radius 1 is 1.32 bits per heavy atom. The van der Waals surface area contributed by atoms with Crippen molar-refractivity contribution < 1.29 is 14.6 Å². The second-order valence-electron chi connectivity index (χ2n) is 7.69. The number of aromatic nitrogens is 3. The van der Waals surface area contributed by atoms with E-state index in [9.17, 15) is 9.90 Å². The fourth-order valence-corrected chi connectivity index (χ4v) is 4.37. The molecule has 1 unspecified atom stereocenters. The Balaban J connectivity index is 1.45. The van der Waals surface area contributed by atoms with Gasteiger partial charge in [0.05, 0.1) is 18.8 Å². The van der Waals surface area contributed by atoms with Crippen molar-refractivity contribution in [2.24, 2.45) is 5.41 Å². The van der Waals surface area contributed by atoms with E-state index < -0.39 is 6.10 Å². The molecule has 0 saturated carbocycles. The SMILES string of the molecule is COc1cc(N2CCC3(CC2)CC(O)CN(C(=O)c2cccnc2)C3)ncn1. The molecule has 28 heavy (non-hydrogen) atoms. The van der Waals surface area contributed by atoms with Gasteiger partial charge in [-0.2, -0.15) is 0 Å². The second-order valence-corrected chi connectivity index (χ2v) is 7.69. The minimum absolute atomic E-state index is 0.0609. The van der Waals surface area contributed by atoms with Crippen LogP contribution in [-0.2, 0) is 0 Å². The molecule has 8 heteroatoms. The Morgan fingerprint density at radius 2 is 2.14 bits per heavy atom. The molecular weight excluding hydrogens is 358 g/mol. The lowest BCUT2D eigenvalue weighted by atomic mass is 9.71. The quantitative estimate of drug-likeness (QED) is 0.856. The molecule has 4 heterocycles. The molecule has 0 bridgehead atoms. The number of β-amino-alcohol motifs (C(OH)–C–C–N with tert-alkyl or cyclic N) is 1. The number of anilines is 1. The van der Waals surface area contributed by atoms with Gasteiger partial charge in [0.2, 0.25) is 5.88 Å². The number of carbonyl (C=O) groups excluding carboxylic acids is 1. The van der Waals surface area contributed by atoms with Gasteiger partial charge in [0.1, 0.15) is 12.1 Å². The number of likely N-dealkylation sites (tertiary alicyclic amines) is 1. The van der Waals surface area contributed by atoms with Crippen LogP contribution < -0.4 is 9.64 Å². The maximum absolute atomic E-state index is 12.9. The zero-order chi connectivity index (χ0) is 19.6. The van der Waals surface area contributed by atoms with Gasteiger partial charge in [-0.1, -0.05) is 0 Å². The van der Waals surface area contributed by atoms with Crippen LogP contribution >= 0.6 is 0 Å². The van der Waals surface area contributed by atoms with E-state index in [1.54, 1.807) is 36.5 Å². The highest BCUT2D eigenvalue weighted by Gasteiger charge is 2.43. The molecule has 1 amide bonds. The monoisotopic (exact) mass is 383 g/mol. The number of hydrogen-bond donors (Lipinski definition) is 1. The van der Waals surface area contributed by atoms with Gasteiger partial charge in [-0.15, -0.1) is 0 Å². The van der Waals surface area contributed by atoms with Crippen molar-refractivity contribution in [1.29, 1.82) is 0 Å². The summed E-state index contributed by atoms with van der Waals surface area (Å²) in [5, 5.41) is 10.5. The Hall–Kier alpha value is -2.74. The summed E-state index contributed by atoms with van der Waals surface area (Å²) in [6.45, 7) is 2.69. The number of rotatable bonds is 3. The molecule has 2 saturated heterocycles. The van der Waals surface area contributed by atoms with Crippen molar-refractivity contribution in [3.63, 3.8) is 0 Å².